The summed E-state index contributed by atoms with van der Waals surface area (Å²) in [7, 11) is 0. The molecule has 2 N–H and O–H groups in total. The summed E-state index contributed by atoms with van der Waals surface area (Å²) in [5, 5.41) is 13.8. The number of carbonyl (C=O) groups is 2. The molecule has 5 rings (SSSR count). The quantitative estimate of drug-likeness (QED) is 0.405. The number of carboxylic acids is 1. The van der Waals surface area contributed by atoms with E-state index in [1.54, 1.807) is 31.2 Å². The van der Waals surface area contributed by atoms with E-state index in [9.17, 15) is 9.59 Å². The number of carboxylic acid groups (broad SMARTS) is 1. The number of benzene rings is 2. The Bertz CT molecular complexity index is 1490. The molecule has 0 aliphatic carbocycles. The first-order valence-electron chi connectivity index (χ1n) is 10.9. The number of aromatic nitrogens is 3. The molecule has 8 heteroatoms. The number of ketones is 1. The number of nitrogens with one attached hydrogen (secondary N) is 1. The molecule has 34 heavy (non-hydrogen) atoms. The number of carbonyl (C=O) groups excluding carboxylic acids is 1. The topological polar surface area (TPSA) is 121 Å². The van der Waals surface area contributed by atoms with Crippen LogP contribution in [0.1, 0.15) is 47.1 Å². The van der Waals surface area contributed by atoms with Crippen molar-refractivity contribution in [3.63, 3.8) is 0 Å². The van der Waals surface area contributed by atoms with Crippen molar-refractivity contribution < 1.29 is 19.2 Å². The molecule has 2 aromatic heterocycles. The van der Waals surface area contributed by atoms with Gasteiger partial charge < -0.3 is 14.6 Å². The highest BCUT2D eigenvalue weighted by Gasteiger charge is 2.22. The third kappa shape index (κ3) is 4.17. The molecular formula is C26H22N4O4. The number of aliphatic imine (C=N–C) groups is 1. The fraction of sp³-hybridized carbons (Fsp3) is 0.192. The van der Waals surface area contributed by atoms with Gasteiger partial charge in [0, 0.05) is 29.3 Å². The zero-order chi connectivity index (χ0) is 23.8. The second-order valence-corrected chi connectivity index (χ2v) is 8.42. The molecule has 170 valence electrons. The lowest BCUT2D eigenvalue weighted by Crippen LogP contribution is -2.13. The third-order valence-electron chi connectivity index (χ3n) is 5.90. The molecule has 4 aromatic rings. The number of allylic oxidation sites excluding steroid dienone is 1. The smallest absolute Gasteiger partial charge is 0.335 e. The summed E-state index contributed by atoms with van der Waals surface area (Å²) in [6.45, 7) is 3.77. The number of fused-ring (bicyclic) bond motifs is 1. The first-order valence-corrected chi connectivity index (χ1v) is 10.9. The molecule has 0 saturated carbocycles. The van der Waals surface area contributed by atoms with E-state index in [2.05, 4.69) is 20.1 Å². The fourth-order valence-corrected chi connectivity index (χ4v) is 4.09. The van der Waals surface area contributed by atoms with Crippen molar-refractivity contribution >= 4 is 34.1 Å². The van der Waals surface area contributed by atoms with Gasteiger partial charge in [0.25, 0.3) is 5.89 Å². The van der Waals surface area contributed by atoms with Gasteiger partial charge in [-0.05, 0) is 61.7 Å². The van der Waals surface area contributed by atoms with Crippen molar-refractivity contribution in [2.24, 2.45) is 4.99 Å². The highest BCUT2D eigenvalue weighted by Crippen LogP contribution is 2.32. The number of nitrogens with zero attached hydrogens (tertiary/aromatic N) is 3. The maximum atomic E-state index is 12.8. The summed E-state index contributed by atoms with van der Waals surface area (Å²) in [6.07, 6.45) is 1.40. The average Bonchev–Trinajstić information content (AvgIpc) is 3.55. The van der Waals surface area contributed by atoms with Crippen LogP contribution in [0.2, 0.25) is 0 Å². The average molecular weight is 454 g/mol. The Morgan fingerprint density at radius 3 is 2.59 bits per heavy atom. The van der Waals surface area contributed by atoms with E-state index in [0.29, 0.717) is 36.7 Å². The normalized spacial score (nSPS) is 13.5. The Labute approximate surface area is 195 Å². The lowest BCUT2D eigenvalue weighted by Gasteiger charge is -2.03. The standard InChI is InChI=1S/C26H22N4O4/c1-14-11-21(23(31)10-5-16-3-6-17(7-4-16)26(32)33)29-24(14)18-8-9-20-19(12-18)13-22(28-20)25-27-15(2)30-34-25/h3-4,6-9,12-13,28H,5,10-11H2,1-2H3,(H,32,33). The van der Waals surface area contributed by atoms with Crippen molar-refractivity contribution in [2.45, 2.75) is 33.1 Å². The van der Waals surface area contributed by atoms with E-state index in [-0.39, 0.29) is 11.3 Å². The summed E-state index contributed by atoms with van der Waals surface area (Å²) in [5.41, 5.74) is 6.24. The van der Waals surface area contributed by atoms with Crippen molar-refractivity contribution in [1.29, 1.82) is 0 Å². The van der Waals surface area contributed by atoms with Gasteiger partial charge in [-0.1, -0.05) is 23.4 Å². The van der Waals surface area contributed by atoms with Crippen LogP contribution in [0.4, 0.5) is 0 Å². The maximum Gasteiger partial charge on any atom is 0.335 e. The Morgan fingerprint density at radius 1 is 1.09 bits per heavy atom. The second kappa shape index (κ2) is 8.55. The van der Waals surface area contributed by atoms with Crippen LogP contribution in [0.15, 0.2) is 63.6 Å². The molecule has 0 spiro atoms. The highest BCUT2D eigenvalue weighted by atomic mass is 16.5. The van der Waals surface area contributed by atoms with Crippen molar-refractivity contribution in [3.8, 4) is 11.6 Å². The molecule has 0 atom stereocenters. The van der Waals surface area contributed by atoms with E-state index < -0.39 is 5.97 Å². The van der Waals surface area contributed by atoms with E-state index in [0.717, 1.165) is 39.0 Å². The third-order valence-corrected chi connectivity index (χ3v) is 5.90. The summed E-state index contributed by atoms with van der Waals surface area (Å²) in [5.74, 6) is 0.0594. The number of rotatable bonds is 7. The summed E-state index contributed by atoms with van der Waals surface area (Å²) in [6, 6.07) is 14.6. The first-order chi connectivity index (χ1) is 16.4. The van der Waals surface area contributed by atoms with E-state index in [4.69, 9.17) is 9.63 Å². The number of H-pyrrole nitrogens is 1. The molecule has 0 fully saturated rings. The minimum atomic E-state index is -0.962. The number of hydrogen-bond donors (Lipinski definition) is 2. The highest BCUT2D eigenvalue weighted by molar-refractivity contribution is 6.42. The van der Waals surface area contributed by atoms with Gasteiger partial charge >= 0.3 is 5.97 Å². The van der Waals surface area contributed by atoms with Crippen LogP contribution in [0.5, 0.6) is 0 Å². The Morgan fingerprint density at radius 2 is 1.88 bits per heavy atom. The molecule has 0 saturated heterocycles. The van der Waals surface area contributed by atoms with Gasteiger partial charge in [0.1, 0.15) is 5.69 Å². The molecule has 0 bridgehead atoms. The molecule has 0 unspecified atom stereocenters. The number of aryl methyl sites for hydroxylation is 2. The minimum absolute atomic E-state index is 0.00781. The predicted octanol–water partition coefficient (Wildman–Crippen LogP) is 5.00. The largest absolute Gasteiger partial charge is 0.478 e. The summed E-state index contributed by atoms with van der Waals surface area (Å²) >= 11 is 0. The van der Waals surface area contributed by atoms with Gasteiger partial charge in [-0.25, -0.2) is 9.79 Å². The molecule has 2 aromatic carbocycles. The zero-order valence-corrected chi connectivity index (χ0v) is 18.8. The number of hydrogen-bond acceptors (Lipinski definition) is 6. The van der Waals surface area contributed by atoms with Gasteiger partial charge in [0.05, 0.1) is 17.0 Å². The maximum absolute atomic E-state index is 12.8. The minimum Gasteiger partial charge on any atom is -0.478 e. The van der Waals surface area contributed by atoms with Crippen LogP contribution in [-0.2, 0) is 11.2 Å². The van der Waals surface area contributed by atoms with Crippen molar-refractivity contribution in [3.05, 3.63) is 76.6 Å². The number of Topliss-reactive ketones (excluding diaryl/α,β-unsaturated/α-hetero) is 1. The summed E-state index contributed by atoms with van der Waals surface area (Å²) < 4.78 is 5.25. The molecule has 1 aliphatic rings. The van der Waals surface area contributed by atoms with Gasteiger partial charge in [0.2, 0.25) is 0 Å². The van der Waals surface area contributed by atoms with Crippen LogP contribution in [0.3, 0.4) is 0 Å². The SMILES string of the molecule is CC1=C(c2ccc3[nH]c(-c4nc(C)no4)cc3c2)N=C(C(=O)CCc2ccc(C(=O)O)cc2)C1. The predicted molar refractivity (Wildman–Crippen MR) is 128 cm³/mol. The Balaban J connectivity index is 1.31. The van der Waals surface area contributed by atoms with Crippen LogP contribution in [0.25, 0.3) is 28.2 Å². The van der Waals surface area contributed by atoms with E-state index in [1.807, 2.05) is 31.2 Å². The monoisotopic (exact) mass is 454 g/mol. The van der Waals surface area contributed by atoms with E-state index >= 15 is 0 Å². The molecule has 3 heterocycles. The Hall–Kier alpha value is -4.33. The lowest BCUT2D eigenvalue weighted by atomic mass is 10.0. The van der Waals surface area contributed by atoms with Crippen LogP contribution < -0.4 is 0 Å². The number of aromatic carboxylic acids is 1. The first kappa shape index (κ1) is 21.5. The lowest BCUT2D eigenvalue weighted by molar-refractivity contribution is -0.113. The summed E-state index contributed by atoms with van der Waals surface area (Å²) in [4.78, 5) is 36.0. The van der Waals surface area contributed by atoms with Gasteiger partial charge in [0.15, 0.2) is 11.6 Å². The van der Waals surface area contributed by atoms with Crippen LogP contribution in [0, 0.1) is 6.92 Å². The molecule has 1 aliphatic heterocycles. The molecular weight excluding hydrogens is 432 g/mol. The molecule has 0 radical (unpaired) electrons. The van der Waals surface area contributed by atoms with Crippen molar-refractivity contribution in [2.75, 3.05) is 0 Å². The van der Waals surface area contributed by atoms with Gasteiger partial charge in [-0.2, -0.15) is 4.98 Å². The molecule has 8 nitrogen and oxygen atoms in total. The van der Waals surface area contributed by atoms with Crippen LogP contribution in [-0.4, -0.2) is 37.7 Å². The van der Waals surface area contributed by atoms with Crippen molar-refractivity contribution in [1.82, 2.24) is 15.1 Å². The molecule has 0 amide bonds. The van der Waals surface area contributed by atoms with Gasteiger partial charge in [-0.15, -0.1) is 0 Å². The number of aromatic amines is 1. The fourth-order valence-electron chi connectivity index (χ4n) is 4.09. The van der Waals surface area contributed by atoms with Crippen LogP contribution >= 0.6 is 0 Å². The zero-order valence-electron chi connectivity index (χ0n) is 18.8. The van der Waals surface area contributed by atoms with Gasteiger partial charge in [-0.3, -0.25) is 4.79 Å². The second-order valence-electron chi connectivity index (χ2n) is 8.42. The Kier molecular flexibility index (Phi) is 5.41. The van der Waals surface area contributed by atoms with E-state index in [1.165, 1.54) is 0 Å².